The monoisotopic (exact) mass is 287 g/mol. The molecule has 1 atom stereocenters. The van der Waals surface area contributed by atoms with E-state index in [0.29, 0.717) is 13.0 Å². The standard InChI is InChI=1S/C14H25NO5/c1-13(2,3)19-9-14(4,5)8-12(18)20-15-10(16)6-7-11(15)17/h10,16H,6-9H2,1-5H3. The molecule has 0 spiro atoms. The molecule has 116 valence electrons. The van der Waals surface area contributed by atoms with E-state index < -0.39 is 17.6 Å². The summed E-state index contributed by atoms with van der Waals surface area (Å²) in [5.74, 6) is -0.906. The first kappa shape index (κ1) is 16.9. The highest BCUT2D eigenvalue weighted by atomic mass is 16.7. The molecule has 0 aromatic heterocycles. The molecule has 1 N–H and O–H groups in total. The van der Waals surface area contributed by atoms with Gasteiger partial charge >= 0.3 is 5.97 Å². The van der Waals surface area contributed by atoms with E-state index in [1.54, 1.807) is 0 Å². The number of hydrogen-bond donors (Lipinski definition) is 1. The third-order valence-electron chi connectivity index (χ3n) is 2.85. The topological polar surface area (TPSA) is 76.1 Å². The predicted molar refractivity (Wildman–Crippen MR) is 72.3 cm³/mol. The van der Waals surface area contributed by atoms with Crippen LogP contribution in [0.5, 0.6) is 0 Å². The van der Waals surface area contributed by atoms with Crippen molar-refractivity contribution in [3.63, 3.8) is 0 Å². The molecule has 0 aromatic rings. The summed E-state index contributed by atoms with van der Waals surface area (Å²) < 4.78 is 5.67. The average molecular weight is 287 g/mol. The van der Waals surface area contributed by atoms with Crippen LogP contribution in [0.4, 0.5) is 0 Å². The summed E-state index contributed by atoms with van der Waals surface area (Å²) in [6, 6.07) is 0. The van der Waals surface area contributed by atoms with Gasteiger partial charge in [0, 0.05) is 12.8 Å². The minimum atomic E-state index is -1.03. The predicted octanol–water partition coefficient (Wildman–Crippen LogP) is 1.62. The zero-order valence-corrected chi connectivity index (χ0v) is 12.9. The van der Waals surface area contributed by atoms with Gasteiger partial charge in [0.1, 0.15) is 0 Å². The van der Waals surface area contributed by atoms with Gasteiger partial charge in [-0.25, -0.2) is 4.79 Å². The number of carbonyl (C=O) groups excluding carboxylic acids is 2. The van der Waals surface area contributed by atoms with Crippen molar-refractivity contribution in [2.24, 2.45) is 5.41 Å². The van der Waals surface area contributed by atoms with Crippen LogP contribution in [-0.4, -0.2) is 40.5 Å². The SMILES string of the molecule is CC(C)(COC(C)(C)C)CC(=O)ON1C(=O)CCC1O. The molecule has 0 aliphatic carbocycles. The maximum absolute atomic E-state index is 11.8. The number of nitrogens with zero attached hydrogens (tertiary/aromatic N) is 1. The van der Waals surface area contributed by atoms with Crippen molar-refractivity contribution in [2.45, 2.75) is 65.7 Å². The van der Waals surface area contributed by atoms with Gasteiger partial charge in [0.15, 0.2) is 6.23 Å². The normalized spacial score (nSPS) is 20.4. The molecular formula is C14H25NO5. The first-order valence-electron chi connectivity index (χ1n) is 6.85. The van der Waals surface area contributed by atoms with Gasteiger partial charge in [0.25, 0.3) is 5.91 Å². The Labute approximate surface area is 120 Å². The molecule has 1 unspecified atom stereocenters. The number of amides is 1. The van der Waals surface area contributed by atoms with Crippen molar-refractivity contribution in [1.29, 1.82) is 0 Å². The fourth-order valence-electron chi connectivity index (χ4n) is 1.75. The molecule has 1 aliphatic heterocycles. The van der Waals surface area contributed by atoms with Crippen LogP contribution in [0.1, 0.15) is 53.9 Å². The minimum absolute atomic E-state index is 0.111. The summed E-state index contributed by atoms with van der Waals surface area (Å²) in [5.41, 5.74) is -0.680. The fourth-order valence-corrected chi connectivity index (χ4v) is 1.75. The van der Waals surface area contributed by atoms with Crippen LogP contribution in [0.25, 0.3) is 0 Å². The summed E-state index contributed by atoms with van der Waals surface area (Å²) in [5, 5.41) is 10.3. The Morgan fingerprint density at radius 2 is 1.95 bits per heavy atom. The van der Waals surface area contributed by atoms with Crippen LogP contribution in [-0.2, 0) is 19.2 Å². The average Bonchev–Trinajstić information content (AvgIpc) is 2.57. The van der Waals surface area contributed by atoms with E-state index in [-0.39, 0.29) is 24.3 Å². The lowest BCUT2D eigenvalue weighted by Crippen LogP contribution is -2.37. The molecule has 0 bridgehead atoms. The molecule has 1 fully saturated rings. The molecule has 6 nitrogen and oxygen atoms in total. The molecule has 0 aromatic carbocycles. The molecule has 0 radical (unpaired) electrons. The van der Waals surface area contributed by atoms with Gasteiger partial charge in [0.2, 0.25) is 0 Å². The Balaban J connectivity index is 2.46. The first-order chi connectivity index (χ1) is 9.00. The van der Waals surface area contributed by atoms with Crippen LogP contribution in [0.2, 0.25) is 0 Å². The molecule has 1 heterocycles. The number of hydroxylamine groups is 2. The van der Waals surface area contributed by atoms with Crippen molar-refractivity contribution in [2.75, 3.05) is 6.61 Å². The number of aliphatic hydroxyl groups is 1. The molecule has 0 saturated carbocycles. The summed E-state index contributed by atoms with van der Waals surface area (Å²) in [4.78, 5) is 28.2. The van der Waals surface area contributed by atoms with E-state index >= 15 is 0 Å². The van der Waals surface area contributed by atoms with Crippen LogP contribution >= 0.6 is 0 Å². The summed E-state index contributed by atoms with van der Waals surface area (Å²) >= 11 is 0. The van der Waals surface area contributed by atoms with E-state index in [0.717, 1.165) is 5.06 Å². The van der Waals surface area contributed by atoms with Crippen molar-refractivity contribution in [3.05, 3.63) is 0 Å². The molecule has 1 aliphatic rings. The Bertz CT molecular complexity index is 372. The molecular weight excluding hydrogens is 262 g/mol. The quantitative estimate of drug-likeness (QED) is 0.831. The number of aliphatic hydroxyl groups excluding tert-OH is 1. The lowest BCUT2D eigenvalue weighted by molar-refractivity contribution is -0.222. The van der Waals surface area contributed by atoms with Crippen molar-refractivity contribution in [1.82, 2.24) is 5.06 Å². The molecule has 1 amide bonds. The Morgan fingerprint density at radius 1 is 1.35 bits per heavy atom. The lowest BCUT2D eigenvalue weighted by atomic mass is 9.90. The number of rotatable bonds is 5. The van der Waals surface area contributed by atoms with Crippen molar-refractivity contribution < 1.29 is 24.3 Å². The van der Waals surface area contributed by atoms with E-state index in [9.17, 15) is 14.7 Å². The van der Waals surface area contributed by atoms with Gasteiger partial charge < -0.3 is 14.7 Å². The largest absolute Gasteiger partial charge is 0.375 e. The smallest absolute Gasteiger partial charge is 0.333 e. The van der Waals surface area contributed by atoms with Gasteiger partial charge in [-0.15, -0.1) is 5.06 Å². The molecule has 20 heavy (non-hydrogen) atoms. The van der Waals surface area contributed by atoms with Gasteiger partial charge in [-0.3, -0.25) is 4.79 Å². The van der Waals surface area contributed by atoms with Gasteiger partial charge in [0.05, 0.1) is 18.6 Å². The summed E-state index contributed by atoms with van der Waals surface area (Å²) in [6.07, 6.45) is -0.423. The Kier molecular flexibility index (Phi) is 5.15. The second-order valence-corrected chi connectivity index (χ2v) is 6.94. The third-order valence-corrected chi connectivity index (χ3v) is 2.85. The number of hydrogen-bond acceptors (Lipinski definition) is 5. The van der Waals surface area contributed by atoms with E-state index in [1.165, 1.54) is 0 Å². The number of ether oxygens (including phenoxy) is 1. The molecule has 6 heteroatoms. The maximum atomic E-state index is 11.8. The maximum Gasteiger partial charge on any atom is 0.333 e. The van der Waals surface area contributed by atoms with Gasteiger partial charge in [-0.2, -0.15) is 0 Å². The minimum Gasteiger partial charge on any atom is -0.375 e. The highest BCUT2D eigenvalue weighted by Gasteiger charge is 2.34. The highest BCUT2D eigenvalue weighted by molar-refractivity contribution is 5.80. The fraction of sp³-hybridized carbons (Fsp3) is 0.857. The van der Waals surface area contributed by atoms with Crippen LogP contribution in [0.15, 0.2) is 0 Å². The van der Waals surface area contributed by atoms with Gasteiger partial charge in [-0.1, -0.05) is 13.8 Å². The number of carbonyl (C=O) groups is 2. The molecule has 1 saturated heterocycles. The van der Waals surface area contributed by atoms with Gasteiger partial charge in [-0.05, 0) is 26.2 Å². The second-order valence-electron chi connectivity index (χ2n) is 6.94. The molecule has 1 rings (SSSR count). The highest BCUT2D eigenvalue weighted by Crippen LogP contribution is 2.25. The van der Waals surface area contributed by atoms with Crippen LogP contribution in [0.3, 0.4) is 0 Å². The summed E-state index contributed by atoms with van der Waals surface area (Å²) in [6.45, 7) is 10.0. The van der Waals surface area contributed by atoms with Crippen molar-refractivity contribution in [3.8, 4) is 0 Å². The Hall–Kier alpha value is -1.14. The Morgan fingerprint density at radius 3 is 2.40 bits per heavy atom. The van der Waals surface area contributed by atoms with Crippen LogP contribution < -0.4 is 0 Å². The first-order valence-corrected chi connectivity index (χ1v) is 6.85. The zero-order valence-electron chi connectivity index (χ0n) is 12.9. The van der Waals surface area contributed by atoms with E-state index in [1.807, 2.05) is 34.6 Å². The zero-order chi connectivity index (χ0) is 15.6. The van der Waals surface area contributed by atoms with Crippen molar-refractivity contribution >= 4 is 11.9 Å². The van der Waals surface area contributed by atoms with E-state index in [4.69, 9.17) is 9.57 Å². The summed E-state index contributed by atoms with van der Waals surface area (Å²) in [7, 11) is 0. The van der Waals surface area contributed by atoms with E-state index in [2.05, 4.69) is 0 Å². The van der Waals surface area contributed by atoms with Crippen LogP contribution in [0, 0.1) is 5.41 Å². The lowest BCUT2D eigenvalue weighted by Gasteiger charge is -2.29. The second kappa shape index (κ2) is 6.10. The third kappa shape index (κ3) is 5.46.